The van der Waals surface area contributed by atoms with Crippen molar-refractivity contribution in [2.45, 2.75) is 43.3 Å². The van der Waals surface area contributed by atoms with Crippen molar-refractivity contribution in [3.8, 4) is 0 Å². The van der Waals surface area contributed by atoms with Gasteiger partial charge < -0.3 is 4.90 Å². The fourth-order valence-corrected chi connectivity index (χ4v) is 16.2. The van der Waals surface area contributed by atoms with Crippen LogP contribution in [0.15, 0.2) is 28.6 Å². The van der Waals surface area contributed by atoms with Crippen LogP contribution in [0.25, 0.3) is 0 Å². The van der Waals surface area contributed by atoms with Crippen LogP contribution in [0.1, 0.15) is 24.4 Å². The zero-order chi connectivity index (χ0) is 25.3. The van der Waals surface area contributed by atoms with Crippen molar-refractivity contribution in [2.75, 3.05) is 33.4 Å². The number of hydrogen-bond donors (Lipinski definition) is 4. The summed E-state index contributed by atoms with van der Waals surface area (Å²) in [6.45, 7) is 1.28. The molecule has 2 unspecified atom stereocenters. The average molecular weight is 716 g/mol. The third-order valence-corrected chi connectivity index (χ3v) is 17.1. The van der Waals surface area contributed by atoms with Gasteiger partial charge in [-0.05, 0) is 14.1 Å². The zero-order valence-corrected chi connectivity index (χ0v) is 23.8. The number of carboxylic acid groups (broad SMARTS) is 1. The molecule has 4 saturated heterocycles. The van der Waals surface area contributed by atoms with E-state index in [0.29, 0.717) is 18.1 Å². The molecule has 5 rings (SSSR count). The van der Waals surface area contributed by atoms with Crippen molar-refractivity contribution in [3.05, 3.63) is 40.6 Å². The zero-order valence-electron chi connectivity index (χ0n) is 19.5. The summed E-state index contributed by atoms with van der Waals surface area (Å²) >= 11 is -4.33. The number of rotatable bonds is 14. The minimum atomic E-state index is -5.99. The van der Waals surface area contributed by atoms with Gasteiger partial charge in [0, 0.05) is 0 Å². The number of nitrogens with zero attached hydrogens (tertiary/aromatic N) is 2. The monoisotopic (exact) mass is 715 g/mol. The second-order valence-corrected chi connectivity index (χ2v) is 19.2. The molecule has 0 saturated carbocycles. The van der Waals surface area contributed by atoms with E-state index in [0.717, 1.165) is 30.0 Å². The molecule has 3 bridgehead atoms. The number of thioether (sulfide) groups is 1. The number of hydrogen-bond acceptors (Lipinski definition) is 13. The van der Waals surface area contributed by atoms with Gasteiger partial charge >= 0.3 is 185 Å². The molecule has 0 radical (unpaired) electrons. The van der Waals surface area contributed by atoms with E-state index in [9.17, 15) is 19.9 Å². The van der Waals surface area contributed by atoms with E-state index in [4.69, 9.17) is 18.6 Å². The Labute approximate surface area is 209 Å². The van der Waals surface area contributed by atoms with Gasteiger partial charge in [-0.2, -0.15) is 0 Å². The first-order valence-corrected chi connectivity index (χ1v) is 19.1. The first-order valence-electron chi connectivity index (χ1n) is 10.8. The predicted molar refractivity (Wildman–Crippen MR) is 122 cm³/mol. The number of aliphatic hydroxyl groups excluding tert-OH is 1. The number of nitrogens with one attached hydrogen (secondary N) is 2. The van der Waals surface area contributed by atoms with Gasteiger partial charge in [-0.25, -0.2) is 0 Å². The van der Waals surface area contributed by atoms with Crippen molar-refractivity contribution in [2.24, 2.45) is 0 Å². The van der Waals surface area contributed by atoms with Crippen LogP contribution in [-0.4, -0.2) is 98.6 Å². The van der Waals surface area contributed by atoms with Crippen molar-refractivity contribution in [1.82, 2.24) is 15.5 Å². The summed E-state index contributed by atoms with van der Waals surface area (Å²) in [4.78, 5) is 25.9. The van der Waals surface area contributed by atoms with E-state index in [1.165, 1.54) is 0 Å². The Kier molecular flexibility index (Phi) is 7.65. The molecule has 4 fully saturated rings. The summed E-state index contributed by atoms with van der Waals surface area (Å²) in [5.41, 5.74) is -1.58. The summed E-state index contributed by atoms with van der Waals surface area (Å²) in [6.07, 6.45) is -2.05. The Balaban J connectivity index is 1.26. The van der Waals surface area contributed by atoms with E-state index in [1.807, 2.05) is 31.1 Å². The number of carboxylic acids is 1. The van der Waals surface area contributed by atoms with Crippen LogP contribution < -0.4 is 10.6 Å². The quantitative estimate of drug-likeness (QED) is 0.117. The van der Waals surface area contributed by atoms with Crippen LogP contribution in [0.5, 0.6) is 0 Å². The SMILES string of the molecule is CN/C(=C\[N+](=O)[O][Bi]123[O]C(CC(CC(=O)O)([O]1)C(O)[O]2)[O]3)NCCSCc1ccc(CN(C)C)o1. The van der Waals surface area contributed by atoms with Crippen molar-refractivity contribution in [3.63, 3.8) is 0 Å². The van der Waals surface area contributed by atoms with Crippen molar-refractivity contribution < 1.29 is 38.5 Å². The first-order chi connectivity index (χ1) is 16.5. The Morgan fingerprint density at radius 3 is 2.80 bits per heavy atom. The molecule has 0 amide bonds. The number of aliphatic hydroxyl groups is 1. The van der Waals surface area contributed by atoms with E-state index in [2.05, 4.69) is 10.6 Å². The van der Waals surface area contributed by atoms with Gasteiger partial charge in [-0.1, -0.05) is 0 Å². The normalized spacial score (nSPS) is 29.1. The van der Waals surface area contributed by atoms with Gasteiger partial charge in [-0.3, -0.25) is 0 Å². The topological polar surface area (TPSA) is 164 Å². The molecule has 5 heterocycles. The van der Waals surface area contributed by atoms with E-state index >= 15 is 0 Å². The van der Waals surface area contributed by atoms with Gasteiger partial charge in [0.05, 0.1) is 6.54 Å². The van der Waals surface area contributed by atoms with Crippen LogP contribution in [0.3, 0.4) is 0 Å². The van der Waals surface area contributed by atoms with E-state index < -0.39 is 51.6 Å². The maximum atomic E-state index is 12.5. The molecule has 4 aliphatic heterocycles. The fraction of sp³-hybridized carbons (Fsp3) is 0.632. The molecule has 4 N–H and O–H groups in total. The fourth-order valence-electron chi connectivity index (χ4n) is 3.91. The Hall–Kier alpha value is -1.52. The molecule has 16 heteroatoms. The molecule has 35 heavy (non-hydrogen) atoms. The molecule has 0 aliphatic carbocycles. The third kappa shape index (κ3) is 5.75. The molecular formula is C19H30BiN4O10S+. The summed E-state index contributed by atoms with van der Waals surface area (Å²) in [6, 6.07) is 3.93. The van der Waals surface area contributed by atoms with E-state index in [1.54, 1.807) is 18.8 Å². The van der Waals surface area contributed by atoms with Crippen LogP contribution in [-0.2, 0) is 31.3 Å². The Morgan fingerprint density at radius 1 is 1.37 bits per heavy atom. The summed E-state index contributed by atoms with van der Waals surface area (Å²) < 4.78 is 33.2. The molecule has 4 aliphatic rings. The standard InChI is InChI=1S/C13H22N4O3S.C6H8O7.Bi/c1-14-13(9-17(18)19)15-6-7-21-10-12-5-4-11(20-12)8-16(2)3;7-3(8)1-6(13,5(11)12)2-4(9)10;/h4-5,9,14-15H,6-8,10H2,1-3H3;3,5,11H,1-2H2,(H,9,10);/q;-4;+5/b13-9+;;. The molecule has 196 valence electrons. The molecule has 2 atom stereocenters. The second-order valence-electron chi connectivity index (χ2n) is 8.52. The van der Waals surface area contributed by atoms with Crippen LogP contribution in [0.4, 0.5) is 0 Å². The summed E-state index contributed by atoms with van der Waals surface area (Å²) in [5.74, 6) is 2.40. The van der Waals surface area contributed by atoms with Crippen LogP contribution >= 0.6 is 11.8 Å². The summed E-state index contributed by atoms with van der Waals surface area (Å²) in [5, 5.41) is 25.4. The van der Waals surface area contributed by atoms with Gasteiger partial charge in [0.2, 0.25) is 0 Å². The van der Waals surface area contributed by atoms with Gasteiger partial charge in [-0.15, -0.1) is 0 Å². The van der Waals surface area contributed by atoms with Gasteiger partial charge in [0.25, 0.3) is 0 Å². The summed E-state index contributed by atoms with van der Waals surface area (Å²) in [7, 11) is 5.58. The molecule has 1 aromatic heterocycles. The molecule has 1 spiro atoms. The maximum absolute atomic E-state index is 12.5. The predicted octanol–water partition coefficient (Wildman–Crippen LogP) is 0.134. The number of aliphatic carboxylic acids is 1. The van der Waals surface area contributed by atoms with Gasteiger partial charge in [0.1, 0.15) is 0 Å². The number of carbonyl (C=O) groups is 1. The van der Waals surface area contributed by atoms with Crippen molar-refractivity contribution in [1.29, 1.82) is 0 Å². The minimum absolute atomic E-state index is 0.0562. The van der Waals surface area contributed by atoms with Crippen LogP contribution in [0, 0.1) is 4.91 Å². The molecule has 1 aromatic rings. The van der Waals surface area contributed by atoms with E-state index in [-0.39, 0.29) is 11.3 Å². The molecular weight excluding hydrogens is 685 g/mol. The van der Waals surface area contributed by atoms with Crippen molar-refractivity contribution >= 4 is 38.7 Å². The first kappa shape index (κ1) is 26.5. The molecule has 0 aromatic carbocycles. The van der Waals surface area contributed by atoms with Gasteiger partial charge in [0.15, 0.2) is 0 Å². The van der Waals surface area contributed by atoms with Crippen LogP contribution in [0.2, 0.25) is 0 Å². The average Bonchev–Trinajstić information content (AvgIpc) is 3.21. The molecule has 14 nitrogen and oxygen atoms in total. The Morgan fingerprint density at radius 2 is 2.11 bits per heavy atom. The third-order valence-electron chi connectivity index (χ3n) is 5.31. The Bertz CT molecular complexity index is 1000. The number of furan rings is 1. The second kappa shape index (κ2) is 10.1.